The van der Waals surface area contributed by atoms with Crippen LogP contribution in [0.4, 0.5) is 9.59 Å². The molecule has 15 heteroatoms. The predicted molar refractivity (Wildman–Crippen MR) is 253 cm³/mol. The van der Waals surface area contributed by atoms with Gasteiger partial charge in [0.05, 0.1) is 55.0 Å². The van der Waals surface area contributed by atoms with Gasteiger partial charge in [0.1, 0.15) is 23.7 Å². The minimum atomic E-state index is -0.944. The van der Waals surface area contributed by atoms with E-state index in [4.69, 9.17) is 24.2 Å². The molecule has 3 aliphatic heterocycles. The summed E-state index contributed by atoms with van der Waals surface area (Å²) in [5.74, 6) is 1.94. The van der Waals surface area contributed by atoms with Gasteiger partial charge in [-0.1, -0.05) is 93.9 Å². The Morgan fingerprint density at radius 3 is 1.97 bits per heavy atom. The number of imidazole rings is 2. The summed E-state index contributed by atoms with van der Waals surface area (Å²) < 4.78 is 15.4. The van der Waals surface area contributed by atoms with Crippen molar-refractivity contribution in [3.63, 3.8) is 0 Å². The highest BCUT2D eigenvalue weighted by atomic mass is 16.5. The molecule has 7 aromatic rings. The van der Waals surface area contributed by atoms with Gasteiger partial charge in [-0.05, 0) is 81.3 Å². The van der Waals surface area contributed by atoms with Crippen LogP contribution >= 0.6 is 0 Å². The van der Waals surface area contributed by atoms with Crippen LogP contribution in [0.15, 0.2) is 91.0 Å². The van der Waals surface area contributed by atoms with Crippen molar-refractivity contribution in [3.05, 3.63) is 108 Å². The second-order valence-electron chi connectivity index (χ2n) is 19.1. The topological polar surface area (TPSA) is 184 Å². The lowest BCUT2D eigenvalue weighted by Crippen LogP contribution is -2.52. The minimum Gasteiger partial charge on any atom is -0.453 e. The van der Waals surface area contributed by atoms with Crippen molar-refractivity contribution in [1.82, 2.24) is 40.4 Å². The van der Waals surface area contributed by atoms with E-state index in [9.17, 15) is 19.2 Å². The molecule has 15 nitrogen and oxygen atoms in total. The monoisotopic (exact) mass is 902 g/mol. The Hall–Kier alpha value is -7.00. The normalized spacial score (nSPS) is 25.0. The van der Waals surface area contributed by atoms with E-state index in [0.717, 1.165) is 67.0 Å². The number of hydrogen-bond acceptors (Lipinski definition) is 9. The Morgan fingerprint density at radius 2 is 1.37 bits per heavy atom. The van der Waals surface area contributed by atoms with E-state index in [1.807, 2.05) is 55.1 Å². The third-order valence-electron chi connectivity index (χ3n) is 15.5. The lowest BCUT2D eigenvalue weighted by molar-refractivity contribution is -0.136. The number of carbonyl (C=O) groups is 4. The Bertz CT molecular complexity index is 3130. The van der Waals surface area contributed by atoms with Crippen molar-refractivity contribution < 1.29 is 33.4 Å². The zero-order chi connectivity index (χ0) is 46.5. The Morgan fingerprint density at radius 1 is 0.776 bits per heavy atom. The summed E-state index contributed by atoms with van der Waals surface area (Å²) in [4.78, 5) is 74.9. The number of carbonyl (C=O) groups excluding carboxylic acids is 4. The van der Waals surface area contributed by atoms with E-state index in [-0.39, 0.29) is 47.2 Å². The van der Waals surface area contributed by atoms with Crippen LogP contribution in [-0.4, -0.2) is 100 Å². The molecule has 2 aliphatic carbocycles. The number of methoxy groups -OCH3 is 3. The molecule has 12 rings (SSSR count). The Balaban J connectivity index is 0.876. The first kappa shape index (κ1) is 42.6. The molecule has 67 heavy (non-hydrogen) atoms. The number of benzene rings is 5. The van der Waals surface area contributed by atoms with Crippen molar-refractivity contribution in [2.24, 2.45) is 29.1 Å². The first-order valence-corrected chi connectivity index (χ1v) is 23.2. The molecule has 1 unspecified atom stereocenters. The number of ether oxygens (including phenoxy) is 3. The maximum atomic E-state index is 14.4. The molecule has 2 aromatic heterocycles. The molecular formula is C52H54N8O7. The number of rotatable bonds is 12. The van der Waals surface area contributed by atoms with Crippen molar-refractivity contribution in [3.8, 4) is 11.1 Å². The fourth-order valence-electron chi connectivity index (χ4n) is 11.7. The quantitative estimate of drug-likeness (QED) is 0.0937. The van der Waals surface area contributed by atoms with Crippen molar-refractivity contribution in [1.29, 1.82) is 0 Å². The zero-order valence-electron chi connectivity index (χ0n) is 38.3. The number of alkyl carbamates (subject to hydrolysis) is 2. The third-order valence-corrected chi connectivity index (χ3v) is 15.5. The Labute approximate surface area is 386 Å². The molecule has 5 aliphatic rings. The first-order valence-electron chi connectivity index (χ1n) is 23.2. The first-order chi connectivity index (χ1) is 32.5. The minimum absolute atomic E-state index is 0.0657. The number of aromatic amines is 2. The van der Waals surface area contributed by atoms with Gasteiger partial charge in [0, 0.05) is 36.4 Å². The second-order valence-corrected chi connectivity index (χ2v) is 19.1. The van der Waals surface area contributed by atoms with E-state index in [0.29, 0.717) is 42.8 Å². The number of amides is 4. The van der Waals surface area contributed by atoms with Crippen molar-refractivity contribution in [2.45, 2.75) is 63.8 Å². The largest absolute Gasteiger partial charge is 0.453 e. The number of fused-ring (bicyclic) bond motifs is 7. The average molecular weight is 903 g/mol. The highest BCUT2D eigenvalue weighted by Crippen LogP contribution is 2.90. The molecule has 344 valence electrons. The lowest BCUT2D eigenvalue weighted by Gasteiger charge is -2.30. The maximum Gasteiger partial charge on any atom is 0.407 e. The van der Waals surface area contributed by atoms with E-state index >= 15 is 0 Å². The molecular weight excluding hydrogens is 849 g/mol. The number of nitrogens with one attached hydrogen (secondary N) is 4. The van der Waals surface area contributed by atoms with E-state index < -0.39 is 24.3 Å². The molecule has 5 heterocycles. The van der Waals surface area contributed by atoms with Gasteiger partial charge in [0.25, 0.3) is 5.91 Å². The van der Waals surface area contributed by atoms with Crippen LogP contribution < -0.4 is 10.6 Å². The van der Waals surface area contributed by atoms with Crippen LogP contribution in [0.5, 0.6) is 0 Å². The van der Waals surface area contributed by atoms with Crippen LogP contribution in [-0.2, 0) is 23.8 Å². The smallest absolute Gasteiger partial charge is 0.407 e. The van der Waals surface area contributed by atoms with E-state index in [1.165, 1.54) is 14.2 Å². The van der Waals surface area contributed by atoms with Crippen LogP contribution in [0, 0.1) is 29.1 Å². The summed E-state index contributed by atoms with van der Waals surface area (Å²) >= 11 is 0. The Kier molecular flexibility index (Phi) is 10.2. The van der Waals surface area contributed by atoms with Gasteiger partial charge in [-0.15, -0.1) is 0 Å². The summed E-state index contributed by atoms with van der Waals surface area (Å²) in [6.45, 7) is 7.21. The summed E-state index contributed by atoms with van der Waals surface area (Å²) in [5, 5.41) is 9.67. The van der Waals surface area contributed by atoms with Gasteiger partial charge in [0.15, 0.2) is 0 Å². The standard InChI is InChI=1S/C52H54N8O7/c1-7-26(2)40(57-50(63)66-5)49(62)60-44(38-39-45(60)52(38,39)3)47-54-36-20-16-32-23-30(14-18-34(32)43(36)56-47)29-13-17-33-31(22-29)15-19-35-42(33)55-46(53-35)37-21-27(25-65-4)24-59(37)48(61)41(58-51(64)67-6)28-11-9-8-10-12-28/h8-20,22-23,26-27,37-41,44-45H,7,21,24-25H2,1-6H3,(H,53,55)(H,54,56)(H,57,63)(H,58,64)/t26-,27-,37-,38?,39+,40-,41+,44-,45-,52+/m0/s1. The fourth-order valence-corrected chi connectivity index (χ4v) is 11.7. The number of likely N-dealkylation sites (tertiary alicyclic amines) is 1. The number of H-pyrrole nitrogens is 2. The molecule has 4 amide bonds. The van der Waals surface area contributed by atoms with Crippen LogP contribution in [0.1, 0.15) is 69.0 Å². The molecule has 2 bridgehead atoms. The highest BCUT2D eigenvalue weighted by molar-refractivity contribution is 6.08. The summed E-state index contributed by atoms with van der Waals surface area (Å²) in [6, 6.07) is 28.3. The molecule has 5 fully saturated rings. The number of nitrogens with zero attached hydrogens (tertiary/aromatic N) is 4. The summed E-state index contributed by atoms with van der Waals surface area (Å²) in [7, 11) is 4.26. The third kappa shape index (κ3) is 6.79. The SMILES string of the molecule is CC[C@H](C)[C@H](NC(=O)OC)C(=O)N1[C@H](c2nc3c(ccc4cc(-c5ccc6c(ccc7[nH]c([C@@H]8C[C@H](COC)CN8C(=O)[C@H](NC(=O)OC)c8ccccc8)nc76)c5)ccc43)[nH]2)C2[C@@H]3[C@H]1[C@]23C. The number of piperidine rings is 1. The van der Waals surface area contributed by atoms with Gasteiger partial charge < -0.3 is 44.6 Å². The summed E-state index contributed by atoms with van der Waals surface area (Å²) in [6.07, 6.45) is 0.0838. The second kappa shape index (κ2) is 16.1. The number of hydrogen-bond donors (Lipinski definition) is 4. The van der Waals surface area contributed by atoms with Crippen LogP contribution in [0.3, 0.4) is 0 Å². The summed E-state index contributed by atoms with van der Waals surface area (Å²) in [5.41, 5.74) is 6.33. The van der Waals surface area contributed by atoms with E-state index in [2.05, 4.69) is 82.1 Å². The van der Waals surface area contributed by atoms with E-state index in [1.54, 1.807) is 12.0 Å². The average Bonchev–Trinajstić information content (AvgIpc) is 3.80. The van der Waals surface area contributed by atoms with Crippen LogP contribution in [0.2, 0.25) is 0 Å². The molecule has 0 spiro atoms. The van der Waals surface area contributed by atoms with Gasteiger partial charge >= 0.3 is 12.2 Å². The van der Waals surface area contributed by atoms with Gasteiger partial charge in [-0.2, -0.15) is 0 Å². The number of aromatic nitrogens is 4. The van der Waals surface area contributed by atoms with Crippen molar-refractivity contribution >= 4 is 67.6 Å². The van der Waals surface area contributed by atoms with Crippen LogP contribution in [0.25, 0.3) is 54.7 Å². The van der Waals surface area contributed by atoms with Gasteiger partial charge in [0.2, 0.25) is 5.91 Å². The molecule has 5 aromatic carbocycles. The molecule has 10 atom stereocenters. The molecule has 2 saturated carbocycles. The lowest BCUT2D eigenvalue weighted by atomic mass is 9.97. The maximum absolute atomic E-state index is 14.4. The van der Waals surface area contributed by atoms with Crippen molar-refractivity contribution in [2.75, 3.05) is 34.5 Å². The van der Waals surface area contributed by atoms with Gasteiger partial charge in [-0.25, -0.2) is 19.6 Å². The molecule has 4 N–H and O–H groups in total. The highest BCUT2D eigenvalue weighted by Gasteiger charge is 2.94. The zero-order valence-corrected chi connectivity index (χ0v) is 38.3. The fraction of sp³-hybridized carbons (Fsp3) is 0.385. The molecule has 3 saturated heterocycles. The van der Waals surface area contributed by atoms with Gasteiger partial charge in [-0.3, -0.25) is 9.59 Å². The predicted octanol–water partition coefficient (Wildman–Crippen LogP) is 8.33. The molecule has 0 radical (unpaired) electrons.